The maximum Gasteiger partial charge on any atom is 0.253 e. The predicted molar refractivity (Wildman–Crippen MR) is 97.7 cm³/mol. The minimum Gasteiger partial charge on any atom is -0.386 e. The zero-order chi connectivity index (χ0) is 18.2. The topological polar surface area (TPSA) is 53.0 Å². The average Bonchev–Trinajstić information content (AvgIpc) is 2.57. The second kappa shape index (κ2) is 6.71. The Morgan fingerprint density at radius 2 is 2.00 bits per heavy atom. The van der Waals surface area contributed by atoms with Crippen molar-refractivity contribution in [2.24, 2.45) is 0 Å². The van der Waals surface area contributed by atoms with Gasteiger partial charge in [-0.2, -0.15) is 0 Å². The number of likely N-dealkylation sites (N-methyl/N-ethyl adjacent to an activating group) is 1. The molecule has 1 spiro atoms. The van der Waals surface area contributed by atoms with Crippen molar-refractivity contribution >= 4 is 5.91 Å². The Hall–Kier alpha value is -1.43. The molecule has 138 valence electrons. The fourth-order valence-electron chi connectivity index (χ4n) is 4.19. The molecule has 0 radical (unpaired) electrons. The zero-order valence-corrected chi connectivity index (χ0v) is 15.8. The highest BCUT2D eigenvalue weighted by Crippen LogP contribution is 2.39. The number of benzene rings is 1. The van der Waals surface area contributed by atoms with E-state index in [0.717, 1.165) is 30.4 Å². The molecule has 2 saturated heterocycles. The van der Waals surface area contributed by atoms with E-state index in [9.17, 15) is 9.90 Å². The van der Waals surface area contributed by atoms with E-state index in [1.165, 1.54) is 0 Å². The van der Waals surface area contributed by atoms with Gasteiger partial charge >= 0.3 is 0 Å². The number of aryl methyl sites for hydroxylation is 1. The lowest BCUT2D eigenvalue weighted by Gasteiger charge is -2.52. The van der Waals surface area contributed by atoms with Gasteiger partial charge < -0.3 is 19.6 Å². The molecule has 0 saturated carbocycles. The van der Waals surface area contributed by atoms with Crippen LogP contribution >= 0.6 is 0 Å². The van der Waals surface area contributed by atoms with Gasteiger partial charge in [0.2, 0.25) is 0 Å². The fourth-order valence-corrected chi connectivity index (χ4v) is 4.19. The minimum atomic E-state index is -0.830. The van der Waals surface area contributed by atoms with E-state index in [2.05, 4.69) is 4.90 Å². The van der Waals surface area contributed by atoms with Gasteiger partial charge in [-0.3, -0.25) is 4.79 Å². The number of hydrogen-bond acceptors (Lipinski definition) is 4. The first-order valence-electron chi connectivity index (χ1n) is 9.11. The van der Waals surface area contributed by atoms with Crippen LogP contribution in [-0.4, -0.2) is 71.8 Å². The van der Waals surface area contributed by atoms with Gasteiger partial charge in [0.25, 0.3) is 5.91 Å². The second-order valence-corrected chi connectivity index (χ2v) is 8.17. The van der Waals surface area contributed by atoms with E-state index < -0.39 is 5.60 Å². The monoisotopic (exact) mass is 346 g/mol. The summed E-state index contributed by atoms with van der Waals surface area (Å²) in [4.78, 5) is 16.8. The summed E-state index contributed by atoms with van der Waals surface area (Å²) in [6.45, 7) is 5.61. The predicted octanol–water partition coefficient (Wildman–Crippen LogP) is 2.07. The number of nitrogens with zero attached hydrogens (tertiary/aromatic N) is 2. The summed E-state index contributed by atoms with van der Waals surface area (Å²) in [7, 11) is 4.02. The Morgan fingerprint density at radius 3 is 2.60 bits per heavy atom. The summed E-state index contributed by atoms with van der Waals surface area (Å²) in [5, 5.41) is 10.6. The van der Waals surface area contributed by atoms with Gasteiger partial charge in [0, 0.05) is 24.7 Å². The Labute approximate surface area is 150 Å². The van der Waals surface area contributed by atoms with Gasteiger partial charge in [0.15, 0.2) is 0 Å². The van der Waals surface area contributed by atoms with E-state index in [0.29, 0.717) is 19.7 Å². The maximum atomic E-state index is 12.7. The summed E-state index contributed by atoms with van der Waals surface area (Å²) in [5.74, 6) is 0.102. The number of hydrogen-bond donors (Lipinski definition) is 1. The summed E-state index contributed by atoms with van der Waals surface area (Å²) < 4.78 is 6.14. The molecule has 1 amide bonds. The van der Waals surface area contributed by atoms with Crippen molar-refractivity contribution in [3.8, 4) is 0 Å². The van der Waals surface area contributed by atoms with Crippen LogP contribution in [0.4, 0.5) is 0 Å². The highest BCUT2D eigenvalue weighted by atomic mass is 16.5. The molecule has 1 aromatic carbocycles. The van der Waals surface area contributed by atoms with E-state index in [4.69, 9.17) is 4.74 Å². The molecule has 2 heterocycles. The third kappa shape index (κ3) is 3.73. The van der Waals surface area contributed by atoms with Gasteiger partial charge in [-0.1, -0.05) is 17.7 Å². The lowest BCUT2D eigenvalue weighted by atomic mass is 9.77. The standard InChI is InChI=1S/C20H30N2O3/c1-15-6-5-7-16(12-15)18(23)22-10-8-20(9-11-22)13-17(21(3)4)19(2,24)14-25-20/h5-7,12,17,24H,8-11,13-14H2,1-4H3/t17-,19-/m0/s1. The van der Waals surface area contributed by atoms with Crippen LogP contribution < -0.4 is 0 Å². The Bertz CT molecular complexity index is 634. The SMILES string of the molecule is Cc1cccc(C(=O)N2CCC3(CC2)C[C@H](N(C)C)[C@@](C)(O)CO3)c1. The molecule has 25 heavy (non-hydrogen) atoms. The fraction of sp³-hybridized carbons (Fsp3) is 0.650. The molecule has 0 bridgehead atoms. The van der Waals surface area contributed by atoms with Crippen LogP contribution in [0.15, 0.2) is 24.3 Å². The Balaban J connectivity index is 1.66. The van der Waals surface area contributed by atoms with Crippen molar-refractivity contribution < 1.29 is 14.6 Å². The van der Waals surface area contributed by atoms with Gasteiger partial charge in [-0.15, -0.1) is 0 Å². The van der Waals surface area contributed by atoms with Crippen molar-refractivity contribution in [3.63, 3.8) is 0 Å². The summed E-state index contributed by atoms with van der Waals surface area (Å²) in [6, 6.07) is 7.84. The van der Waals surface area contributed by atoms with Crippen LogP contribution in [0.1, 0.15) is 42.1 Å². The largest absolute Gasteiger partial charge is 0.386 e. The zero-order valence-electron chi connectivity index (χ0n) is 15.8. The normalized spacial score (nSPS) is 29.2. The molecule has 2 fully saturated rings. The van der Waals surface area contributed by atoms with Crippen molar-refractivity contribution in [3.05, 3.63) is 35.4 Å². The summed E-state index contributed by atoms with van der Waals surface area (Å²) >= 11 is 0. The van der Waals surface area contributed by atoms with Crippen LogP contribution in [0.3, 0.4) is 0 Å². The quantitative estimate of drug-likeness (QED) is 0.891. The molecule has 3 rings (SSSR count). The molecule has 2 aliphatic rings. The number of rotatable bonds is 2. The van der Waals surface area contributed by atoms with Crippen LogP contribution in [0.2, 0.25) is 0 Å². The van der Waals surface area contributed by atoms with Crippen molar-refractivity contribution in [1.82, 2.24) is 9.80 Å². The van der Waals surface area contributed by atoms with E-state index >= 15 is 0 Å². The van der Waals surface area contributed by atoms with Crippen molar-refractivity contribution in [1.29, 1.82) is 0 Å². The van der Waals surface area contributed by atoms with Gasteiger partial charge in [-0.05, 0) is 59.3 Å². The smallest absolute Gasteiger partial charge is 0.253 e. The number of amides is 1. The number of carbonyl (C=O) groups is 1. The number of aliphatic hydroxyl groups is 1. The summed E-state index contributed by atoms with van der Waals surface area (Å²) in [5.41, 5.74) is 0.810. The molecule has 0 aromatic heterocycles. The molecule has 5 heteroatoms. The van der Waals surface area contributed by atoms with Gasteiger partial charge in [-0.25, -0.2) is 0 Å². The third-order valence-electron chi connectivity index (χ3n) is 5.80. The maximum absolute atomic E-state index is 12.7. The van der Waals surface area contributed by atoms with Gasteiger partial charge in [0.05, 0.1) is 12.2 Å². The summed E-state index contributed by atoms with van der Waals surface area (Å²) in [6.07, 6.45) is 2.45. The first kappa shape index (κ1) is 18.4. The Morgan fingerprint density at radius 1 is 1.32 bits per heavy atom. The number of likely N-dealkylation sites (tertiary alicyclic amines) is 1. The van der Waals surface area contributed by atoms with Crippen molar-refractivity contribution in [2.75, 3.05) is 33.8 Å². The van der Waals surface area contributed by atoms with Crippen LogP contribution in [0.25, 0.3) is 0 Å². The minimum absolute atomic E-state index is 0.0697. The first-order chi connectivity index (χ1) is 11.7. The number of ether oxygens (including phenoxy) is 1. The third-order valence-corrected chi connectivity index (χ3v) is 5.80. The average molecular weight is 346 g/mol. The van der Waals surface area contributed by atoms with E-state index in [1.807, 2.05) is 57.1 Å². The van der Waals surface area contributed by atoms with Gasteiger partial charge in [0.1, 0.15) is 5.60 Å². The lowest BCUT2D eigenvalue weighted by molar-refractivity contribution is -0.205. The molecule has 0 unspecified atom stereocenters. The molecule has 0 aliphatic carbocycles. The molecule has 2 aliphatic heterocycles. The molecule has 1 aromatic rings. The van der Waals surface area contributed by atoms with Crippen LogP contribution in [0, 0.1) is 6.92 Å². The molecule has 5 nitrogen and oxygen atoms in total. The molecule has 1 N–H and O–H groups in total. The number of piperidine rings is 1. The second-order valence-electron chi connectivity index (χ2n) is 8.17. The highest BCUT2D eigenvalue weighted by molar-refractivity contribution is 5.94. The Kier molecular flexibility index (Phi) is 4.93. The number of carbonyl (C=O) groups excluding carboxylic acids is 1. The molecular formula is C20H30N2O3. The first-order valence-corrected chi connectivity index (χ1v) is 9.11. The molecule has 2 atom stereocenters. The van der Waals surface area contributed by atoms with E-state index in [1.54, 1.807) is 0 Å². The van der Waals surface area contributed by atoms with Crippen LogP contribution in [-0.2, 0) is 4.74 Å². The van der Waals surface area contributed by atoms with Crippen LogP contribution in [0.5, 0.6) is 0 Å². The van der Waals surface area contributed by atoms with Crippen molar-refractivity contribution in [2.45, 2.75) is 50.4 Å². The lowest BCUT2D eigenvalue weighted by Crippen LogP contribution is -2.62. The molecular weight excluding hydrogens is 316 g/mol. The van der Waals surface area contributed by atoms with E-state index in [-0.39, 0.29) is 17.6 Å². The highest BCUT2D eigenvalue weighted by Gasteiger charge is 2.49.